The molecule has 26 heavy (non-hydrogen) atoms. The molecule has 0 bridgehead atoms. The Morgan fingerprint density at radius 1 is 1.15 bits per heavy atom. The van der Waals surface area contributed by atoms with E-state index < -0.39 is 0 Å². The highest BCUT2D eigenvalue weighted by molar-refractivity contribution is 5.77. The topological polar surface area (TPSA) is 50.6 Å². The smallest absolute Gasteiger partial charge is 0.249 e. The van der Waals surface area contributed by atoms with Crippen molar-refractivity contribution in [3.63, 3.8) is 0 Å². The summed E-state index contributed by atoms with van der Waals surface area (Å²) in [6.45, 7) is 5.19. The Balaban J connectivity index is 1.33. The molecule has 1 unspecified atom stereocenters. The Morgan fingerprint density at radius 2 is 1.96 bits per heavy atom. The van der Waals surface area contributed by atoms with Crippen LogP contribution in [0.1, 0.15) is 63.1 Å². The lowest BCUT2D eigenvalue weighted by molar-refractivity contribution is -0.140. The van der Waals surface area contributed by atoms with Crippen molar-refractivity contribution in [1.29, 1.82) is 0 Å². The molecule has 6 nitrogen and oxygen atoms in total. The second-order valence-electron chi connectivity index (χ2n) is 8.10. The van der Waals surface area contributed by atoms with Crippen molar-refractivity contribution in [3.8, 4) is 0 Å². The Labute approximate surface area is 156 Å². The van der Waals surface area contributed by atoms with Gasteiger partial charge in [0.2, 0.25) is 5.91 Å². The quantitative estimate of drug-likeness (QED) is 0.782. The zero-order valence-corrected chi connectivity index (χ0v) is 15.8. The van der Waals surface area contributed by atoms with E-state index in [2.05, 4.69) is 14.7 Å². The number of carbonyl (C=O) groups excluding carboxylic acids is 1. The summed E-state index contributed by atoms with van der Waals surface area (Å²) in [6, 6.07) is 2.33. The molecule has 1 amide bonds. The molecule has 1 saturated carbocycles. The summed E-state index contributed by atoms with van der Waals surface area (Å²) in [7, 11) is 0. The maximum absolute atomic E-state index is 12.7. The third kappa shape index (κ3) is 4.29. The van der Waals surface area contributed by atoms with Crippen molar-refractivity contribution in [3.05, 3.63) is 18.0 Å². The summed E-state index contributed by atoms with van der Waals surface area (Å²) in [6.07, 6.45) is 11.9. The van der Waals surface area contributed by atoms with Crippen molar-refractivity contribution in [1.82, 2.24) is 19.6 Å². The molecule has 6 heteroatoms. The molecule has 0 radical (unpaired) electrons. The lowest BCUT2D eigenvalue weighted by Crippen LogP contribution is -2.44. The SMILES string of the molecule is O=C(COC1CCCC1)N1Cc2ccnn2C(CCN2CCCCC2)C1. The lowest BCUT2D eigenvalue weighted by atomic mass is 10.1. The molecule has 1 aromatic heterocycles. The van der Waals surface area contributed by atoms with Gasteiger partial charge in [0.15, 0.2) is 0 Å². The first-order chi connectivity index (χ1) is 12.8. The highest BCUT2D eigenvalue weighted by Crippen LogP contribution is 2.25. The van der Waals surface area contributed by atoms with Crippen molar-refractivity contribution in [2.24, 2.45) is 0 Å². The fraction of sp³-hybridized carbons (Fsp3) is 0.800. The number of ether oxygens (including phenoxy) is 1. The summed E-state index contributed by atoms with van der Waals surface area (Å²) in [5.41, 5.74) is 1.15. The number of aromatic nitrogens is 2. The molecule has 1 atom stereocenters. The van der Waals surface area contributed by atoms with Gasteiger partial charge in [-0.05, 0) is 51.3 Å². The van der Waals surface area contributed by atoms with E-state index in [4.69, 9.17) is 4.74 Å². The van der Waals surface area contributed by atoms with Crippen LogP contribution in [0.5, 0.6) is 0 Å². The maximum Gasteiger partial charge on any atom is 0.249 e. The fourth-order valence-corrected chi connectivity index (χ4v) is 4.64. The largest absolute Gasteiger partial charge is 0.368 e. The van der Waals surface area contributed by atoms with E-state index in [1.54, 1.807) is 0 Å². The molecule has 2 fully saturated rings. The first-order valence-electron chi connectivity index (χ1n) is 10.4. The maximum atomic E-state index is 12.7. The van der Waals surface area contributed by atoms with Crippen LogP contribution in [0.4, 0.5) is 0 Å². The Morgan fingerprint density at radius 3 is 2.77 bits per heavy atom. The van der Waals surface area contributed by atoms with Gasteiger partial charge in [0.1, 0.15) is 6.61 Å². The van der Waals surface area contributed by atoms with Crippen LogP contribution in [0.15, 0.2) is 12.3 Å². The zero-order valence-electron chi connectivity index (χ0n) is 15.8. The number of hydrogen-bond donors (Lipinski definition) is 0. The van der Waals surface area contributed by atoms with E-state index >= 15 is 0 Å². The molecule has 3 aliphatic rings. The highest BCUT2D eigenvalue weighted by Gasteiger charge is 2.29. The van der Waals surface area contributed by atoms with E-state index in [1.165, 1.54) is 45.2 Å². The van der Waals surface area contributed by atoms with Gasteiger partial charge in [-0.2, -0.15) is 5.10 Å². The summed E-state index contributed by atoms with van der Waals surface area (Å²) >= 11 is 0. The molecule has 0 N–H and O–H groups in total. The van der Waals surface area contributed by atoms with Crippen molar-refractivity contribution >= 4 is 5.91 Å². The van der Waals surface area contributed by atoms with Crippen molar-refractivity contribution < 1.29 is 9.53 Å². The third-order valence-corrected chi connectivity index (χ3v) is 6.21. The van der Waals surface area contributed by atoms with Gasteiger partial charge in [0, 0.05) is 19.3 Å². The van der Waals surface area contributed by atoms with Gasteiger partial charge in [-0.25, -0.2) is 0 Å². The molecular weight excluding hydrogens is 328 g/mol. The Bertz CT molecular complexity index is 590. The second kappa shape index (κ2) is 8.53. The predicted molar refractivity (Wildman–Crippen MR) is 99.8 cm³/mol. The Kier molecular flexibility index (Phi) is 5.90. The molecular formula is C20H32N4O2. The summed E-state index contributed by atoms with van der Waals surface area (Å²) in [5.74, 6) is 0.132. The number of carbonyl (C=O) groups is 1. The monoisotopic (exact) mass is 360 g/mol. The van der Waals surface area contributed by atoms with Gasteiger partial charge in [-0.1, -0.05) is 19.3 Å². The van der Waals surface area contributed by atoms with Crippen LogP contribution in [0.2, 0.25) is 0 Å². The Hall–Kier alpha value is -1.40. The van der Waals surface area contributed by atoms with E-state index in [-0.39, 0.29) is 18.6 Å². The van der Waals surface area contributed by atoms with Crippen LogP contribution in [-0.4, -0.2) is 64.4 Å². The zero-order chi connectivity index (χ0) is 17.8. The summed E-state index contributed by atoms with van der Waals surface area (Å²) < 4.78 is 8.00. The van der Waals surface area contributed by atoms with Gasteiger partial charge < -0.3 is 14.5 Å². The van der Waals surface area contributed by atoms with Gasteiger partial charge in [0.05, 0.1) is 24.4 Å². The van der Waals surface area contributed by atoms with E-state index in [9.17, 15) is 4.79 Å². The van der Waals surface area contributed by atoms with E-state index in [0.29, 0.717) is 12.6 Å². The molecule has 0 aromatic carbocycles. The van der Waals surface area contributed by atoms with Gasteiger partial charge in [-0.15, -0.1) is 0 Å². The minimum absolute atomic E-state index is 0.132. The van der Waals surface area contributed by atoms with Crippen LogP contribution in [0.3, 0.4) is 0 Å². The molecule has 1 aliphatic carbocycles. The number of amides is 1. The molecule has 4 rings (SSSR count). The molecule has 144 valence electrons. The van der Waals surface area contributed by atoms with Crippen LogP contribution in [0.25, 0.3) is 0 Å². The molecule has 0 spiro atoms. The minimum Gasteiger partial charge on any atom is -0.368 e. The number of piperidine rings is 1. The fourth-order valence-electron chi connectivity index (χ4n) is 4.64. The van der Waals surface area contributed by atoms with Gasteiger partial charge in [-0.3, -0.25) is 9.48 Å². The number of fused-ring (bicyclic) bond motifs is 1. The summed E-state index contributed by atoms with van der Waals surface area (Å²) in [5, 5.41) is 4.53. The molecule has 3 heterocycles. The van der Waals surface area contributed by atoms with Crippen LogP contribution in [-0.2, 0) is 16.1 Å². The highest BCUT2D eigenvalue weighted by atomic mass is 16.5. The average molecular weight is 361 g/mol. The number of rotatable bonds is 6. The molecule has 1 saturated heterocycles. The van der Waals surface area contributed by atoms with Crippen molar-refractivity contribution in [2.45, 2.75) is 70.1 Å². The first kappa shape index (κ1) is 18.0. The minimum atomic E-state index is 0.132. The predicted octanol–water partition coefficient (Wildman–Crippen LogP) is 2.60. The molecule has 2 aliphatic heterocycles. The van der Waals surface area contributed by atoms with Crippen molar-refractivity contribution in [2.75, 3.05) is 32.8 Å². The second-order valence-corrected chi connectivity index (χ2v) is 8.10. The van der Waals surface area contributed by atoms with Crippen LogP contribution in [0, 0.1) is 0 Å². The van der Waals surface area contributed by atoms with E-state index in [0.717, 1.165) is 38.0 Å². The van der Waals surface area contributed by atoms with Crippen LogP contribution >= 0.6 is 0 Å². The normalized spacial score (nSPS) is 24.8. The third-order valence-electron chi connectivity index (χ3n) is 6.21. The number of hydrogen-bond acceptors (Lipinski definition) is 4. The van der Waals surface area contributed by atoms with Gasteiger partial charge >= 0.3 is 0 Å². The summed E-state index contributed by atoms with van der Waals surface area (Å²) in [4.78, 5) is 17.2. The van der Waals surface area contributed by atoms with Crippen LogP contribution < -0.4 is 0 Å². The van der Waals surface area contributed by atoms with E-state index in [1.807, 2.05) is 17.2 Å². The average Bonchev–Trinajstić information content (AvgIpc) is 3.36. The number of nitrogens with zero attached hydrogens (tertiary/aromatic N) is 4. The number of likely N-dealkylation sites (tertiary alicyclic amines) is 1. The van der Waals surface area contributed by atoms with Gasteiger partial charge in [0.25, 0.3) is 0 Å². The lowest BCUT2D eigenvalue weighted by Gasteiger charge is -2.35. The molecule has 1 aromatic rings. The standard InChI is InChI=1S/C20H32N4O2/c25-20(16-26-19-6-2-3-7-19)23-14-17-8-10-21-24(17)18(15-23)9-13-22-11-4-1-5-12-22/h8,10,18-19H,1-7,9,11-16H2. The first-order valence-corrected chi connectivity index (χ1v) is 10.4.